The Morgan fingerprint density at radius 3 is 2.56 bits per heavy atom. The van der Waals surface area contributed by atoms with Crippen LogP contribution in [0.15, 0.2) is 24.3 Å². The van der Waals surface area contributed by atoms with E-state index in [2.05, 4.69) is 26.1 Å². The highest BCUT2D eigenvalue weighted by atomic mass is 32.2. The summed E-state index contributed by atoms with van der Waals surface area (Å²) in [5.41, 5.74) is 0.125. The Morgan fingerprint density at radius 2 is 1.88 bits per heavy atom. The lowest BCUT2D eigenvalue weighted by Gasteiger charge is -2.47. The standard InChI is InChI=1S/C32H42N2O6S/c1-29(2)30(3)12-11-21-19-25(32(21,29)30)40-27(37)22-6-5-15-34(22)28(38)31(13-16-41-17-14-31)33-26(36)10-8-20-7-9-23(35)24(18-20)39-4/h7-10,18,21-22,25,35H,5-6,11-17,19H2,1-4H3,(H,33,36)/b10-8+. The highest BCUT2D eigenvalue weighted by Gasteiger charge is 2.91. The number of carbonyl (C=O) groups excluding carboxylic acids is 3. The lowest BCUT2D eigenvalue weighted by Crippen LogP contribution is -2.62. The predicted molar refractivity (Wildman–Crippen MR) is 157 cm³/mol. The van der Waals surface area contributed by atoms with Crippen LogP contribution in [0, 0.1) is 22.2 Å². The second kappa shape index (κ2) is 9.96. The molecule has 5 fully saturated rings. The van der Waals surface area contributed by atoms with Crippen LogP contribution in [0.25, 0.3) is 6.08 Å². The molecule has 41 heavy (non-hydrogen) atoms. The number of hydrogen-bond acceptors (Lipinski definition) is 7. The van der Waals surface area contributed by atoms with Gasteiger partial charge in [0, 0.05) is 18.0 Å². The van der Waals surface area contributed by atoms with E-state index >= 15 is 0 Å². The van der Waals surface area contributed by atoms with E-state index in [0.717, 1.165) is 24.3 Å². The van der Waals surface area contributed by atoms with E-state index in [-0.39, 0.29) is 45.9 Å². The number of nitrogens with one attached hydrogen (secondary N) is 1. The number of aromatic hydroxyl groups is 1. The van der Waals surface area contributed by atoms with Crippen molar-refractivity contribution in [2.75, 3.05) is 25.2 Å². The minimum Gasteiger partial charge on any atom is -0.504 e. The van der Waals surface area contributed by atoms with Crippen molar-refractivity contribution in [1.29, 1.82) is 0 Å². The van der Waals surface area contributed by atoms with Crippen molar-refractivity contribution in [3.8, 4) is 11.5 Å². The van der Waals surface area contributed by atoms with Crippen LogP contribution in [0.4, 0.5) is 0 Å². The Balaban J connectivity index is 1.15. The molecule has 9 heteroatoms. The molecule has 2 heterocycles. The fourth-order valence-electron chi connectivity index (χ4n) is 9.29. The number of methoxy groups -OCH3 is 1. The van der Waals surface area contributed by atoms with Crippen LogP contribution in [0.2, 0.25) is 0 Å². The fourth-order valence-corrected chi connectivity index (χ4v) is 10.5. The van der Waals surface area contributed by atoms with E-state index in [1.165, 1.54) is 32.1 Å². The molecule has 8 nitrogen and oxygen atoms in total. The van der Waals surface area contributed by atoms with E-state index in [0.29, 0.717) is 43.0 Å². The zero-order chi connectivity index (χ0) is 29.2. The van der Waals surface area contributed by atoms with Gasteiger partial charge in [-0.15, -0.1) is 0 Å². The number of carbonyl (C=O) groups is 3. The van der Waals surface area contributed by atoms with Gasteiger partial charge >= 0.3 is 5.97 Å². The van der Waals surface area contributed by atoms with Gasteiger partial charge in [0.15, 0.2) is 11.5 Å². The van der Waals surface area contributed by atoms with Crippen LogP contribution in [-0.2, 0) is 19.1 Å². The van der Waals surface area contributed by atoms with E-state index < -0.39 is 11.6 Å². The Kier molecular flexibility index (Phi) is 6.91. The number of nitrogens with zero attached hydrogens (tertiary/aromatic N) is 1. The third-order valence-corrected chi connectivity index (χ3v) is 12.7. The molecule has 2 N–H and O–H groups in total. The van der Waals surface area contributed by atoms with E-state index in [1.54, 1.807) is 34.9 Å². The summed E-state index contributed by atoms with van der Waals surface area (Å²) in [6.45, 7) is 7.50. The summed E-state index contributed by atoms with van der Waals surface area (Å²) in [7, 11) is 1.47. The summed E-state index contributed by atoms with van der Waals surface area (Å²) >= 11 is 1.77. The molecule has 5 atom stereocenters. The average Bonchev–Trinajstić information content (AvgIpc) is 3.29. The van der Waals surface area contributed by atoms with Gasteiger partial charge in [-0.05, 0) is 97.0 Å². The number of benzene rings is 1. The third kappa shape index (κ3) is 4.04. The first-order chi connectivity index (χ1) is 19.5. The molecule has 1 aromatic carbocycles. The molecule has 0 radical (unpaired) electrons. The molecule has 6 rings (SSSR count). The number of phenols is 1. The molecule has 5 unspecified atom stereocenters. The van der Waals surface area contributed by atoms with Gasteiger partial charge in [-0.25, -0.2) is 4.79 Å². The minimum atomic E-state index is -1.05. The third-order valence-electron chi connectivity index (χ3n) is 11.7. The normalized spacial score (nSPS) is 34.3. The number of ether oxygens (including phenoxy) is 2. The van der Waals surface area contributed by atoms with Gasteiger partial charge in [0.25, 0.3) is 0 Å². The average molecular weight is 583 g/mol. The highest BCUT2D eigenvalue weighted by molar-refractivity contribution is 7.99. The lowest BCUT2D eigenvalue weighted by molar-refractivity contribution is -0.177. The summed E-state index contributed by atoms with van der Waals surface area (Å²) in [5, 5.41) is 12.9. The van der Waals surface area contributed by atoms with Crippen LogP contribution in [-0.4, -0.2) is 70.6 Å². The number of phenolic OH excluding ortho intramolecular Hbond substituents is 1. The Bertz CT molecular complexity index is 1290. The molecule has 3 aliphatic carbocycles. The molecule has 2 aliphatic heterocycles. The monoisotopic (exact) mass is 582 g/mol. The molecule has 1 spiro atoms. The topological polar surface area (TPSA) is 105 Å². The minimum absolute atomic E-state index is 0.0203. The Hall–Kier alpha value is -2.68. The van der Waals surface area contributed by atoms with Crippen molar-refractivity contribution in [1.82, 2.24) is 10.2 Å². The van der Waals surface area contributed by atoms with Crippen LogP contribution in [0.3, 0.4) is 0 Å². The van der Waals surface area contributed by atoms with Crippen molar-refractivity contribution in [2.24, 2.45) is 22.2 Å². The van der Waals surface area contributed by atoms with Gasteiger partial charge in [-0.2, -0.15) is 11.8 Å². The highest BCUT2D eigenvalue weighted by Crippen LogP contribution is 2.93. The first-order valence-corrected chi connectivity index (χ1v) is 16.1. The zero-order valence-electron chi connectivity index (χ0n) is 24.5. The number of thioether (sulfide) groups is 1. The van der Waals surface area contributed by atoms with Crippen LogP contribution in [0.1, 0.15) is 71.3 Å². The molecule has 3 saturated carbocycles. The van der Waals surface area contributed by atoms with Gasteiger partial charge in [-0.3, -0.25) is 9.59 Å². The summed E-state index contributed by atoms with van der Waals surface area (Å²) in [6, 6.07) is 4.23. The first-order valence-electron chi connectivity index (χ1n) is 15.0. The van der Waals surface area contributed by atoms with Gasteiger partial charge in [0.05, 0.1) is 7.11 Å². The van der Waals surface area contributed by atoms with E-state index in [4.69, 9.17) is 9.47 Å². The summed E-state index contributed by atoms with van der Waals surface area (Å²) in [5.74, 6) is 1.66. The van der Waals surface area contributed by atoms with Gasteiger partial charge in [-0.1, -0.05) is 26.8 Å². The predicted octanol–water partition coefficient (Wildman–Crippen LogP) is 4.55. The van der Waals surface area contributed by atoms with Crippen molar-refractivity contribution in [2.45, 2.75) is 83.4 Å². The molecule has 1 aromatic rings. The zero-order valence-corrected chi connectivity index (χ0v) is 25.4. The van der Waals surface area contributed by atoms with Crippen LogP contribution < -0.4 is 10.1 Å². The first kappa shape index (κ1) is 28.4. The van der Waals surface area contributed by atoms with Crippen molar-refractivity contribution < 1.29 is 29.0 Å². The maximum absolute atomic E-state index is 14.2. The van der Waals surface area contributed by atoms with Crippen LogP contribution >= 0.6 is 11.8 Å². The summed E-state index contributed by atoms with van der Waals surface area (Å²) in [4.78, 5) is 42.6. The number of amides is 2. The van der Waals surface area contributed by atoms with Gasteiger partial charge < -0.3 is 24.8 Å². The molecule has 0 aromatic heterocycles. The maximum Gasteiger partial charge on any atom is 0.329 e. The Labute approximate surface area is 246 Å². The SMILES string of the molecule is COc1cc(/C=C/C(=O)NC2(C(=O)N3CCCC3C(=O)OC3CC4CCC5(C)C(C)(C)C435)CCSCC2)ccc1O. The van der Waals surface area contributed by atoms with Crippen LogP contribution in [0.5, 0.6) is 11.5 Å². The molecule has 222 valence electrons. The largest absolute Gasteiger partial charge is 0.504 e. The molecule has 0 bridgehead atoms. The Morgan fingerprint density at radius 1 is 1.12 bits per heavy atom. The number of hydrogen-bond donors (Lipinski definition) is 2. The van der Waals surface area contributed by atoms with Crippen molar-refractivity contribution >= 4 is 35.6 Å². The maximum atomic E-state index is 14.2. The number of likely N-dealkylation sites (tertiary alicyclic amines) is 1. The van der Waals surface area contributed by atoms with E-state index in [9.17, 15) is 19.5 Å². The lowest BCUT2D eigenvalue weighted by atomic mass is 9.64. The van der Waals surface area contributed by atoms with Crippen molar-refractivity contribution in [3.05, 3.63) is 29.8 Å². The molecule has 2 saturated heterocycles. The molecule has 5 aliphatic rings. The number of esters is 1. The smallest absolute Gasteiger partial charge is 0.329 e. The van der Waals surface area contributed by atoms with Gasteiger partial charge in [0.1, 0.15) is 17.7 Å². The second-order valence-electron chi connectivity index (χ2n) is 13.3. The second-order valence-corrected chi connectivity index (χ2v) is 14.6. The molecule has 2 amide bonds. The summed E-state index contributed by atoms with van der Waals surface area (Å²) in [6.07, 6.45) is 8.68. The fraction of sp³-hybridized carbons (Fsp3) is 0.656. The molecular formula is C32H42N2O6S. The van der Waals surface area contributed by atoms with Crippen molar-refractivity contribution in [3.63, 3.8) is 0 Å². The van der Waals surface area contributed by atoms with E-state index in [1.807, 2.05) is 0 Å². The molecular weight excluding hydrogens is 540 g/mol. The number of rotatable bonds is 7. The summed E-state index contributed by atoms with van der Waals surface area (Å²) < 4.78 is 11.4. The van der Waals surface area contributed by atoms with Gasteiger partial charge in [0.2, 0.25) is 11.8 Å². The quantitative estimate of drug-likeness (QED) is 0.359.